The minimum Gasteiger partial charge on any atom is -0.144 e. The highest BCUT2D eigenvalue weighted by molar-refractivity contribution is 7.11. The second-order valence-corrected chi connectivity index (χ2v) is 4.02. The topological polar surface area (TPSA) is 0 Å². The number of hydrogen-bond donors (Lipinski definition) is 0. The summed E-state index contributed by atoms with van der Waals surface area (Å²) in [5, 5.41) is 2.12. The molecule has 0 bridgehead atoms. The third-order valence-corrected chi connectivity index (χ3v) is 2.50. The summed E-state index contributed by atoms with van der Waals surface area (Å²) in [4.78, 5) is 1.39. The maximum absolute atomic E-state index is 2.30. The van der Waals surface area contributed by atoms with Gasteiger partial charge in [-0.2, -0.15) is 0 Å². The van der Waals surface area contributed by atoms with Crippen molar-refractivity contribution in [2.45, 2.75) is 20.8 Å². The van der Waals surface area contributed by atoms with Gasteiger partial charge in [0.1, 0.15) is 0 Å². The third-order valence-electron chi connectivity index (χ3n) is 1.49. The number of thiophene rings is 1. The van der Waals surface area contributed by atoms with Crippen molar-refractivity contribution in [2.24, 2.45) is 5.92 Å². The van der Waals surface area contributed by atoms with E-state index in [1.807, 2.05) is 0 Å². The van der Waals surface area contributed by atoms with E-state index in [1.54, 1.807) is 11.3 Å². The van der Waals surface area contributed by atoms with Gasteiger partial charge in [0.2, 0.25) is 0 Å². The van der Waals surface area contributed by atoms with Crippen molar-refractivity contribution >= 4 is 16.9 Å². The smallest absolute Gasteiger partial charge is 0.0296 e. The summed E-state index contributed by atoms with van der Waals surface area (Å²) in [5.74, 6) is 0.650. The SMILES string of the molecule is C/C(=C/C(C)C)c1cccs1. The van der Waals surface area contributed by atoms with E-state index >= 15 is 0 Å². The van der Waals surface area contributed by atoms with E-state index in [9.17, 15) is 0 Å². The number of allylic oxidation sites excluding steroid dienone is 2. The molecule has 0 saturated carbocycles. The van der Waals surface area contributed by atoms with Crippen molar-refractivity contribution < 1.29 is 0 Å². The predicted octanol–water partition coefficient (Wildman–Crippen LogP) is 3.81. The molecule has 0 aliphatic heterocycles. The average Bonchev–Trinajstić information content (AvgIpc) is 2.35. The van der Waals surface area contributed by atoms with E-state index in [0.29, 0.717) is 5.92 Å². The van der Waals surface area contributed by atoms with E-state index in [1.165, 1.54) is 10.5 Å². The van der Waals surface area contributed by atoms with Crippen molar-refractivity contribution in [2.75, 3.05) is 0 Å². The summed E-state index contributed by atoms with van der Waals surface area (Å²) in [5.41, 5.74) is 1.40. The summed E-state index contributed by atoms with van der Waals surface area (Å²) in [6.45, 7) is 6.58. The van der Waals surface area contributed by atoms with Gasteiger partial charge in [-0.25, -0.2) is 0 Å². The van der Waals surface area contributed by atoms with Gasteiger partial charge in [0, 0.05) is 4.88 Å². The summed E-state index contributed by atoms with van der Waals surface area (Å²) in [7, 11) is 0. The van der Waals surface area contributed by atoms with Gasteiger partial charge >= 0.3 is 0 Å². The molecule has 0 saturated heterocycles. The number of rotatable bonds is 2. The highest BCUT2D eigenvalue weighted by Gasteiger charge is 1.96. The molecule has 0 aliphatic carbocycles. The summed E-state index contributed by atoms with van der Waals surface area (Å²) in [6, 6.07) is 4.26. The van der Waals surface area contributed by atoms with Crippen LogP contribution in [0.5, 0.6) is 0 Å². The largest absolute Gasteiger partial charge is 0.144 e. The molecule has 0 spiro atoms. The lowest BCUT2D eigenvalue weighted by Gasteiger charge is -1.99. The van der Waals surface area contributed by atoms with Crippen LogP contribution in [0.15, 0.2) is 23.6 Å². The van der Waals surface area contributed by atoms with Gasteiger partial charge in [-0.15, -0.1) is 11.3 Å². The Balaban J connectivity index is 2.77. The molecule has 0 N–H and O–H groups in total. The van der Waals surface area contributed by atoms with Crippen LogP contribution in [0.4, 0.5) is 0 Å². The van der Waals surface area contributed by atoms with E-state index in [2.05, 4.69) is 44.4 Å². The Labute approximate surface area is 72.6 Å². The fraction of sp³-hybridized carbons (Fsp3) is 0.400. The molecule has 0 aliphatic rings. The molecule has 0 radical (unpaired) electrons. The van der Waals surface area contributed by atoms with Crippen LogP contribution in [0.1, 0.15) is 25.6 Å². The Hall–Kier alpha value is -0.560. The molecular weight excluding hydrogens is 152 g/mol. The first kappa shape index (κ1) is 8.54. The van der Waals surface area contributed by atoms with Gasteiger partial charge in [-0.05, 0) is 29.9 Å². The zero-order chi connectivity index (χ0) is 8.27. The molecule has 1 heteroatoms. The van der Waals surface area contributed by atoms with Gasteiger partial charge in [0.25, 0.3) is 0 Å². The molecule has 1 rings (SSSR count). The Morgan fingerprint density at radius 1 is 1.55 bits per heavy atom. The van der Waals surface area contributed by atoms with E-state index < -0.39 is 0 Å². The van der Waals surface area contributed by atoms with Gasteiger partial charge < -0.3 is 0 Å². The molecule has 1 heterocycles. The highest BCUT2D eigenvalue weighted by atomic mass is 32.1. The Kier molecular flexibility index (Phi) is 2.89. The lowest BCUT2D eigenvalue weighted by atomic mass is 10.1. The summed E-state index contributed by atoms with van der Waals surface area (Å²) < 4.78 is 0. The number of hydrogen-bond acceptors (Lipinski definition) is 1. The molecule has 60 valence electrons. The van der Waals surface area contributed by atoms with Crippen LogP contribution in [0.25, 0.3) is 5.57 Å². The molecule has 0 atom stereocenters. The van der Waals surface area contributed by atoms with Gasteiger partial charge in [-0.3, -0.25) is 0 Å². The summed E-state index contributed by atoms with van der Waals surface area (Å²) >= 11 is 1.80. The van der Waals surface area contributed by atoms with Crippen LogP contribution in [0.2, 0.25) is 0 Å². The van der Waals surface area contributed by atoms with Gasteiger partial charge in [-0.1, -0.05) is 26.0 Å². The van der Waals surface area contributed by atoms with Crippen molar-refractivity contribution in [3.8, 4) is 0 Å². The second-order valence-electron chi connectivity index (χ2n) is 3.07. The first-order valence-electron chi connectivity index (χ1n) is 3.92. The maximum Gasteiger partial charge on any atom is 0.0296 e. The normalized spacial score (nSPS) is 12.5. The quantitative estimate of drug-likeness (QED) is 0.626. The van der Waals surface area contributed by atoms with Crippen molar-refractivity contribution in [1.29, 1.82) is 0 Å². The van der Waals surface area contributed by atoms with Crippen molar-refractivity contribution in [3.05, 3.63) is 28.5 Å². The molecule has 0 unspecified atom stereocenters. The fourth-order valence-electron chi connectivity index (χ4n) is 1.09. The minimum absolute atomic E-state index is 0.650. The molecule has 11 heavy (non-hydrogen) atoms. The third kappa shape index (κ3) is 2.51. The molecular formula is C10H14S. The van der Waals surface area contributed by atoms with E-state index in [-0.39, 0.29) is 0 Å². The average molecular weight is 166 g/mol. The lowest BCUT2D eigenvalue weighted by Crippen LogP contribution is -1.80. The van der Waals surface area contributed by atoms with Crippen LogP contribution in [-0.4, -0.2) is 0 Å². The van der Waals surface area contributed by atoms with Crippen LogP contribution < -0.4 is 0 Å². The molecule has 1 aromatic rings. The van der Waals surface area contributed by atoms with E-state index in [4.69, 9.17) is 0 Å². The molecule has 0 aromatic carbocycles. The zero-order valence-corrected chi connectivity index (χ0v) is 8.11. The highest BCUT2D eigenvalue weighted by Crippen LogP contribution is 2.20. The predicted molar refractivity (Wildman–Crippen MR) is 52.8 cm³/mol. The molecule has 0 fully saturated rings. The first-order chi connectivity index (χ1) is 5.20. The first-order valence-corrected chi connectivity index (χ1v) is 4.80. The Bertz CT molecular complexity index is 229. The minimum atomic E-state index is 0.650. The van der Waals surface area contributed by atoms with Crippen molar-refractivity contribution in [1.82, 2.24) is 0 Å². The van der Waals surface area contributed by atoms with E-state index in [0.717, 1.165) is 0 Å². The maximum atomic E-state index is 2.30. The van der Waals surface area contributed by atoms with Crippen LogP contribution >= 0.6 is 11.3 Å². The Morgan fingerprint density at radius 2 is 2.27 bits per heavy atom. The standard InChI is InChI=1S/C10H14S/c1-8(2)7-9(3)10-5-4-6-11-10/h4-8H,1-3H3/b9-7-. The molecule has 0 amide bonds. The molecule has 0 nitrogen and oxygen atoms in total. The zero-order valence-electron chi connectivity index (χ0n) is 7.29. The summed E-state index contributed by atoms with van der Waals surface area (Å²) in [6.07, 6.45) is 2.30. The van der Waals surface area contributed by atoms with Gasteiger partial charge in [0.05, 0.1) is 0 Å². The van der Waals surface area contributed by atoms with Crippen LogP contribution in [0.3, 0.4) is 0 Å². The lowest BCUT2D eigenvalue weighted by molar-refractivity contribution is 0.833. The monoisotopic (exact) mass is 166 g/mol. The van der Waals surface area contributed by atoms with Crippen LogP contribution in [0, 0.1) is 5.92 Å². The second kappa shape index (κ2) is 3.72. The fourth-order valence-corrected chi connectivity index (χ4v) is 1.80. The molecule has 1 aromatic heterocycles. The Morgan fingerprint density at radius 3 is 2.73 bits per heavy atom. The van der Waals surface area contributed by atoms with Gasteiger partial charge in [0.15, 0.2) is 0 Å². The van der Waals surface area contributed by atoms with Crippen molar-refractivity contribution in [3.63, 3.8) is 0 Å². The van der Waals surface area contributed by atoms with Crippen LogP contribution in [-0.2, 0) is 0 Å².